The molecule has 0 saturated heterocycles. The standard InChI is InChI=1S/C28H30N2O3/c1-21-16-22(10-11-26(31)32)18-24(17-21)29-27(33)28(13-6-3-7-14-28)19-23-12-15-30(20-23)25-8-4-2-5-9-25/h2,4-5,8-12,15-18,20H,3,6-7,13-14,19H2,1H3,(H,29,33)(H,31,32)/b11-10+. The van der Waals surface area contributed by atoms with Crippen LogP contribution in [0.4, 0.5) is 5.69 Å². The maximum atomic E-state index is 13.6. The number of amides is 1. The van der Waals surface area contributed by atoms with E-state index < -0.39 is 11.4 Å². The van der Waals surface area contributed by atoms with Crippen LogP contribution < -0.4 is 5.32 Å². The van der Waals surface area contributed by atoms with E-state index in [-0.39, 0.29) is 5.91 Å². The lowest BCUT2D eigenvalue weighted by molar-refractivity contribution is -0.131. The second kappa shape index (κ2) is 9.90. The average Bonchev–Trinajstić information content (AvgIpc) is 3.27. The van der Waals surface area contributed by atoms with Crippen molar-refractivity contribution in [2.24, 2.45) is 5.41 Å². The number of para-hydroxylation sites is 1. The molecule has 5 heteroatoms. The van der Waals surface area contributed by atoms with Gasteiger partial charge in [0.2, 0.25) is 5.91 Å². The summed E-state index contributed by atoms with van der Waals surface area (Å²) < 4.78 is 2.10. The summed E-state index contributed by atoms with van der Waals surface area (Å²) in [6, 6.07) is 18.0. The molecule has 1 aromatic heterocycles. The van der Waals surface area contributed by atoms with Crippen molar-refractivity contribution in [1.82, 2.24) is 4.57 Å². The first-order valence-corrected chi connectivity index (χ1v) is 11.5. The molecule has 0 unspecified atom stereocenters. The Hall–Kier alpha value is -3.60. The molecule has 1 aliphatic rings. The van der Waals surface area contributed by atoms with E-state index in [1.165, 1.54) is 0 Å². The molecule has 1 saturated carbocycles. The Kier molecular flexibility index (Phi) is 6.78. The molecule has 2 aromatic carbocycles. The lowest BCUT2D eigenvalue weighted by Gasteiger charge is -2.36. The molecule has 0 aliphatic heterocycles. The summed E-state index contributed by atoms with van der Waals surface area (Å²) in [5, 5.41) is 12.1. The first-order valence-electron chi connectivity index (χ1n) is 11.5. The number of carboxylic acids is 1. The summed E-state index contributed by atoms with van der Waals surface area (Å²) in [4.78, 5) is 24.5. The third kappa shape index (κ3) is 5.61. The molecule has 1 fully saturated rings. The molecule has 2 N–H and O–H groups in total. The van der Waals surface area contributed by atoms with Crippen LogP contribution >= 0.6 is 0 Å². The summed E-state index contributed by atoms with van der Waals surface area (Å²) in [6.07, 6.45) is 12.5. The van der Waals surface area contributed by atoms with Crippen molar-refractivity contribution in [1.29, 1.82) is 0 Å². The molecular weight excluding hydrogens is 412 g/mol. The lowest BCUT2D eigenvalue weighted by atomic mass is 9.70. The van der Waals surface area contributed by atoms with Crippen LogP contribution in [0.2, 0.25) is 0 Å². The SMILES string of the molecule is Cc1cc(/C=C/C(=O)O)cc(NC(=O)C2(Cc3ccn(-c4ccccc4)c3)CCCCC2)c1. The van der Waals surface area contributed by atoms with Crippen molar-refractivity contribution >= 4 is 23.6 Å². The highest BCUT2D eigenvalue weighted by Crippen LogP contribution is 2.40. The Morgan fingerprint density at radius 1 is 1.06 bits per heavy atom. The first-order chi connectivity index (χ1) is 15.9. The minimum absolute atomic E-state index is 0.0495. The van der Waals surface area contributed by atoms with Crippen LogP contribution in [0.1, 0.15) is 48.8 Å². The topological polar surface area (TPSA) is 71.3 Å². The van der Waals surface area contributed by atoms with Gasteiger partial charge in [0.15, 0.2) is 0 Å². The van der Waals surface area contributed by atoms with E-state index in [4.69, 9.17) is 5.11 Å². The van der Waals surface area contributed by atoms with Crippen molar-refractivity contribution in [2.75, 3.05) is 5.32 Å². The molecule has 1 heterocycles. The van der Waals surface area contributed by atoms with Crippen LogP contribution in [0.25, 0.3) is 11.8 Å². The highest BCUT2D eigenvalue weighted by Gasteiger charge is 2.39. The predicted octanol–water partition coefficient (Wildman–Crippen LogP) is 6.02. The van der Waals surface area contributed by atoms with Gasteiger partial charge in [-0.25, -0.2) is 4.79 Å². The lowest BCUT2D eigenvalue weighted by Crippen LogP contribution is -2.40. The minimum atomic E-state index is -0.995. The summed E-state index contributed by atoms with van der Waals surface area (Å²) in [5.41, 5.74) is 4.25. The molecular formula is C28H30N2O3. The number of rotatable bonds is 7. The van der Waals surface area contributed by atoms with E-state index in [0.717, 1.165) is 60.6 Å². The van der Waals surface area contributed by atoms with Gasteiger partial charge < -0.3 is 15.0 Å². The fourth-order valence-electron chi connectivity index (χ4n) is 4.82. The van der Waals surface area contributed by atoms with Crippen LogP contribution in [0.15, 0.2) is 73.1 Å². The molecule has 0 bridgehead atoms. The number of nitrogens with one attached hydrogen (secondary N) is 1. The van der Waals surface area contributed by atoms with Crippen molar-refractivity contribution in [3.05, 3.63) is 89.8 Å². The number of hydrogen-bond acceptors (Lipinski definition) is 2. The molecule has 1 aliphatic carbocycles. The van der Waals surface area contributed by atoms with Gasteiger partial charge in [0.05, 0.1) is 5.41 Å². The number of carbonyl (C=O) groups excluding carboxylic acids is 1. The van der Waals surface area contributed by atoms with Crippen LogP contribution in [-0.2, 0) is 16.0 Å². The van der Waals surface area contributed by atoms with Crippen molar-refractivity contribution < 1.29 is 14.7 Å². The van der Waals surface area contributed by atoms with Gasteiger partial charge in [0, 0.05) is 29.8 Å². The second-order valence-electron chi connectivity index (χ2n) is 9.04. The van der Waals surface area contributed by atoms with Crippen LogP contribution in [-0.4, -0.2) is 21.6 Å². The Labute approximate surface area is 194 Å². The fraction of sp³-hybridized carbons (Fsp3) is 0.286. The zero-order chi connectivity index (χ0) is 23.3. The van der Waals surface area contributed by atoms with Gasteiger partial charge in [-0.1, -0.05) is 43.5 Å². The number of carbonyl (C=O) groups is 2. The second-order valence-corrected chi connectivity index (χ2v) is 9.04. The zero-order valence-corrected chi connectivity index (χ0v) is 19.0. The number of carboxylic acid groups (broad SMARTS) is 1. The molecule has 170 valence electrons. The minimum Gasteiger partial charge on any atom is -0.478 e. The van der Waals surface area contributed by atoms with E-state index in [1.807, 2.05) is 43.3 Å². The van der Waals surface area contributed by atoms with Crippen LogP contribution in [0.3, 0.4) is 0 Å². The summed E-state index contributed by atoms with van der Waals surface area (Å²) in [5.74, 6) is -0.945. The average molecular weight is 443 g/mol. The van der Waals surface area contributed by atoms with E-state index in [0.29, 0.717) is 12.1 Å². The molecule has 4 rings (SSSR count). The summed E-state index contributed by atoms with van der Waals surface area (Å²) >= 11 is 0. The van der Waals surface area contributed by atoms with Gasteiger partial charge in [0.25, 0.3) is 0 Å². The molecule has 0 radical (unpaired) electrons. The van der Waals surface area contributed by atoms with Gasteiger partial charge in [-0.3, -0.25) is 4.79 Å². The quantitative estimate of drug-likeness (QED) is 0.440. The van der Waals surface area contributed by atoms with Gasteiger partial charge >= 0.3 is 5.97 Å². The highest BCUT2D eigenvalue weighted by atomic mass is 16.4. The van der Waals surface area contributed by atoms with E-state index in [1.54, 1.807) is 6.08 Å². The molecule has 0 atom stereocenters. The number of aromatic nitrogens is 1. The largest absolute Gasteiger partial charge is 0.478 e. The maximum Gasteiger partial charge on any atom is 0.328 e. The van der Waals surface area contributed by atoms with Gasteiger partial charge in [0.1, 0.15) is 0 Å². The van der Waals surface area contributed by atoms with Gasteiger partial charge in [-0.15, -0.1) is 0 Å². The first kappa shape index (κ1) is 22.6. The number of aliphatic carboxylic acids is 1. The third-order valence-corrected chi connectivity index (χ3v) is 6.42. The predicted molar refractivity (Wildman–Crippen MR) is 131 cm³/mol. The zero-order valence-electron chi connectivity index (χ0n) is 19.0. The smallest absolute Gasteiger partial charge is 0.328 e. The number of aryl methyl sites for hydroxylation is 1. The number of nitrogens with zero attached hydrogens (tertiary/aromatic N) is 1. The van der Waals surface area contributed by atoms with Crippen molar-refractivity contribution in [2.45, 2.75) is 45.4 Å². The number of anilines is 1. The number of hydrogen-bond donors (Lipinski definition) is 2. The van der Waals surface area contributed by atoms with Gasteiger partial charge in [-0.05, 0) is 79.3 Å². The third-order valence-electron chi connectivity index (χ3n) is 6.42. The van der Waals surface area contributed by atoms with Gasteiger partial charge in [-0.2, -0.15) is 0 Å². The molecule has 1 amide bonds. The summed E-state index contributed by atoms with van der Waals surface area (Å²) in [7, 11) is 0. The normalized spacial score (nSPS) is 15.4. The summed E-state index contributed by atoms with van der Waals surface area (Å²) in [6.45, 7) is 1.94. The molecule has 0 spiro atoms. The fourth-order valence-corrected chi connectivity index (χ4v) is 4.82. The monoisotopic (exact) mass is 442 g/mol. The highest BCUT2D eigenvalue weighted by molar-refractivity contribution is 5.96. The Morgan fingerprint density at radius 2 is 1.82 bits per heavy atom. The van der Waals surface area contributed by atoms with Crippen LogP contribution in [0, 0.1) is 12.3 Å². The van der Waals surface area contributed by atoms with Crippen molar-refractivity contribution in [3.63, 3.8) is 0 Å². The van der Waals surface area contributed by atoms with E-state index in [2.05, 4.69) is 40.5 Å². The van der Waals surface area contributed by atoms with E-state index >= 15 is 0 Å². The van der Waals surface area contributed by atoms with E-state index in [9.17, 15) is 9.59 Å². The Balaban J connectivity index is 1.56. The molecule has 5 nitrogen and oxygen atoms in total. The number of benzene rings is 2. The molecule has 33 heavy (non-hydrogen) atoms. The Bertz CT molecular complexity index is 1150. The molecule has 3 aromatic rings. The van der Waals surface area contributed by atoms with Crippen LogP contribution in [0.5, 0.6) is 0 Å². The van der Waals surface area contributed by atoms with Crippen molar-refractivity contribution in [3.8, 4) is 5.69 Å². The Morgan fingerprint density at radius 3 is 2.55 bits per heavy atom. The maximum absolute atomic E-state index is 13.6.